The number of carbonyl (C=O) groups is 2. The van der Waals surface area contributed by atoms with Crippen molar-refractivity contribution in [1.29, 1.82) is 0 Å². The summed E-state index contributed by atoms with van der Waals surface area (Å²) in [5.41, 5.74) is 3.61. The summed E-state index contributed by atoms with van der Waals surface area (Å²) < 4.78 is 0. The highest BCUT2D eigenvalue weighted by atomic mass is 16.2. The molecule has 0 bridgehead atoms. The van der Waals surface area contributed by atoms with Crippen molar-refractivity contribution in [2.45, 2.75) is 12.8 Å². The number of para-hydroxylation sites is 1. The highest BCUT2D eigenvalue weighted by Gasteiger charge is 2.24. The van der Waals surface area contributed by atoms with E-state index < -0.39 is 0 Å². The van der Waals surface area contributed by atoms with E-state index in [1.54, 1.807) is 18.0 Å². The van der Waals surface area contributed by atoms with Gasteiger partial charge in [0.2, 0.25) is 0 Å². The Balaban J connectivity index is 1.29. The Morgan fingerprint density at radius 1 is 1.14 bits per heavy atom. The lowest BCUT2D eigenvalue weighted by Crippen LogP contribution is -2.35. The van der Waals surface area contributed by atoms with Crippen molar-refractivity contribution in [1.82, 2.24) is 10.2 Å². The van der Waals surface area contributed by atoms with Gasteiger partial charge in [-0.2, -0.15) is 0 Å². The van der Waals surface area contributed by atoms with Crippen molar-refractivity contribution in [2.24, 2.45) is 5.92 Å². The molecule has 0 unspecified atom stereocenters. The number of likely N-dealkylation sites (N-methyl/N-ethyl adjacent to an activating group) is 1. The highest BCUT2D eigenvalue weighted by Crippen LogP contribution is 2.24. The minimum absolute atomic E-state index is 0.0114. The average molecular weight is 378 g/mol. The number of fused-ring (bicyclic) bond motifs is 1. The lowest BCUT2D eigenvalue weighted by molar-refractivity contribution is 0.0781. The molecule has 28 heavy (non-hydrogen) atoms. The van der Waals surface area contributed by atoms with Crippen LogP contribution in [0.25, 0.3) is 0 Å². The monoisotopic (exact) mass is 378 g/mol. The molecule has 3 amide bonds. The van der Waals surface area contributed by atoms with Gasteiger partial charge in [0.15, 0.2) is 0 Å². The standard InChI is InChI=1S/C22H26N4O2/c1-25-11-10-17-7-8-18(13-20(17)21(25)27)24-22(28)23-14-16-9-12-26(15-16)19-5-3-2-4-6-19/h2-8,13,16H,9-12,14-15H2,1H3,(H2,23,24,28)/t16-/m1/s1. The predicted molar refractivity (Wildman–Crippen MR) is 111 cm³/mol. The number of nitrogens with one attached hydrogen (secondary N) is 2. The normalized spacial score (nSPS) is 18.8. The first-order valence-corrected chi connectivity index (χ1v) is 9.83. The molecule has 0 saturated carbocycles. The van der Waals surface area contributed by atoms with Crippen molar-refractivity contribution in [3.63, 3.8) is 0 Å². The van der Waals surface area contributed by atoms with Crippen LogP contribution in [-0.4, -0.2) is 50.1 Å². The third kappa shape index (κ3) is 3.96. The fraction of sp³-hybridized carbons (Fsp3) is 0.364. The molecule has 2 aromatic rings. The van der Waals surface area contributed by atoms with Gasteiger partial charge in [0, 0.05) is 50.2 Å². The van der Waals surface area contributed by atoms with Crippen LogP contribution in [0.15, 0.2) is 48.5 Å². The lowest BCUT2D eigenvalue weighted by atomic mass is 9.99. The van der Waals surface area contributed by atoms with Gasteiger partial charge in [-0.3, -0.25) is 4.79 Å². The largest absolute Gasteiger partial charge is 0.371 e. The molecule has 6 nitrogen and oxygen atoms in total. The number of amides is 3. The SMILES string of the molecule is CN1CCc2ccc(NC(=O)NC[C@H]3CCN(c4ccccc4)C3)cc2C1=O. The zero-order chi connectivity index (χ0) is 19.5. The number of rotatable bonds is 4. The van der Waals surface area contributed by atoms with Crippen molar-refractivity contribution in [3.8, 4) is 0 Å². The van der Waals surface area contributed by atoms with E-state index in [2.05, 4.69) is 39.8 Å². The minimum atomic E-state index is -0.227. The maximum Gasteiger partial charge on any atom is 0.319 e. The summed E-state index contributed by atoms with van der Waals surface area (Å²) in [5, 5.41) is 5.83. The summed E-state index contributed by atoms with van der Waals surface area (Å²) >= 11 is 0. The molecule has 0 spiro atoms. The molecule has 6 heteroatoms. The number of urea groups is 1. The van der Waals surface area contributed by atoms with E-state index in [0.29, 0.717) is 23.7 Å². The summed E-state index contributed by atoms with van der Waals surface area (Å²) in [6, 6.07) is 15.7. The Kier molecular flexibility index (Phi) is 5.19. The Hall–Kier alpha value is -3.02. The molecular weight excluding hydrogens is 352 g/mol. The zero-order valence-electron chi connectivity index (χ0n) is 16.1. The van der Waals surface area contributed by atoms with Crippen molar-refractivity contribution in [3.05, 3.63) is 59.7 Å². The van der Waals surface area contributed by atoms with E-state index in [0.717, 1.165) is 38.0 Å². The summed E-state index contributed by atoms with van der Waals surface area (Å²) in [4.78, 5) is 28.7. The Morgan fingerprint density at radius 3 is 2.79 bits per heavy atom. The van der Waals surface area contributed by atoms with E-state index >= 15 is 0 Å². The molecule has 2 aliphatic rings. The Morgan fingerprint density at radius 2 is 1.96 bits per heavy atom. The van der Waals surface area contributed by atoms with Gasteiger partial charge in [0.1, 0.15) is 0 Å². The van der Waals surface area contributed by atoms with E-state index in [1.165, 1.54) is 5.69 Å². The Bertz CT molecular complexity index is 868. The van der Waals surface area contributed by atoms with E-state index in [9.17, 15) is 9.59 Å². The number of anilines is 2. The molecule has 1 saturated heterocycles. The second-order valence-electron chi connectivity index (χ2n) is 7.62. The molecule has 0 aromatic heterocycles. The van der Waals surface area contributed by atoms with Crippen LogP contribution < -0.4 is 15.5 Å². The van der Waals surface area contributed by atoms with Crippen LogP contribution in [0, 0.1) is 5.92 Å². The lowest BCUT2D eigenvalue weighted by Gasteiger charge is -2.25. The van der Waals surface area contributed by atoms with E-state index in [4.69, 9.17) is 0 Å². The highest BCUT2D eigenvalue weighted by molar-refractivity contribution is 5.99. The molecule has 1 fully saturated rings. The van der Waals surface area contributed by atoms with E-state index in [-0.39, 0.29) is 11.9 Å². The van der Waals surface area contributed by atoms with Gasteiger partial charge in [-0.25, -0.2) is 4.79 Å². The third-order valence-electron chi connectivity index (χ3n) is 5.62. The van der Waals surface area contributed by atoms with Crippen LogP contribution in [0.1, 0.15) is 22.3 Å². The second-order valence-corrected chi connectivity index (χ2v) is 7.62. The number of nitrogens with zero attached hydrogens (tertiary/aromatic N) is 2. The third-order valence-corrected chi connectivity index (χ3v) is 5.62. The molecular formula is C22H26N4O2. The fourth-order valence-corrected chi connectivity index (χ4v) is 3.95. The number of hydrogen-bond donors (Lipinski definition) is 2. The Labute approximate surface area is 165 Å². The molecule has 2 aromatic carbocycles. The minimum Gasteiger partial charge on any atom is -0.371 e. The van der Waals surface area contributed by atoms with E-state index in [1.807, 2.05) is 18.2 Å². The van der Waals surface area contributed by atoms with Crippen LogP contribution in [0.3, 0.4) is 0 Å². The molecule has 1 atom stereocenters. The van der Waals surface area contributed by atoms with Gasteiger partial charge in [-0.1, -0.05) is 24.3 Å². The summed E-state index contributed by atoms with van der Waals surface area (Å²) in [5.74, 6) is 0.446. The maximum absolute atomic E-state index is 12.3. The van der Waals surface area contributed by atoms with Crippen LogP contribution in [-0.2, 0) is 6.42 Å². The molecule has 146 valence electrons. The topological polar surface area (TPSA) is 64.7 Å². The second kappa shape index (κ2) is 7.92. The zero-order valence-corrected chi connectivity index (χ0v) is 16.1. The van der Waals surface area contributed by atoms with Crippen molar-refractivity contribution in [2.75, 3.05) is 43.4 Å². The van der Waals surface area contributed by atoms with Crippen LogP contribution >= 0.6 is 0 Å². The predicted octanol–water partition coefficient (Wildman–Crippen LogP) is 2.96. The van der Waals surface area contributed by atoms with Gasteiger partial charge in [-0.05, 0) is 48.6 Å². The van der Waals surface area contributed by atoms with Gasteiger partial charge >= 0.3 is 6.03 Å². The number of hydrogen-bond acceptors (Lipinski definition) is 3. The van der Waals surface area contributed by atoms with Gasteiger partial charge in [0.05, 0.1) is 0 Å². The van der Waals surface area contributed by atoms with Crippen LogP contribution in [0.2, 0.25) is 0 Å². The summed E-state index contributed by atoms with van der Waals surface area (Å²) in [6.07, 6.45) is 1.92. The maximum atomic E-state index is 12.3. The molecule has 4 rings (SSSR count). The number of benzene rings is 2. The summed E-state index contributed by atoms with van der Waals surface area (Å²) in [6.45, 7) is 3.34. The molecule has 0 radical (unpaired) electrons. The smallest absolute Gasteiger partial charge is 0.319 e. The molecule has 0 aliphatic carbocycles. The number of carbonyl (C=O) groups excluding carboxylic acids is 2. The average Bonchev–Trinajstić information content (AvgIpc) is 3.19. The fourth-order valence-electron chi connectivity index (χ4n) is 3.95. The van der Waals surface area contributed by atoms with Gasteiger partial charge in [0.25, 0.3) is 5.91 Å². The molecule has 2 N–H and O–H groups in total. The molecule has 2 heterocycles. The first-order chi connectivity index (χ1) is 13.6. The van der Waals surface area contributed by atoms with Crippen molar-refractivity contribution >= 4 is 23.3 Å². The molecule has 2 aliphatic heterocycles. The van der Waals surface area contributed by atoms with Crippen LogP contribution in [0.5, 0.6) is 0 Å². The van der Waals surface area contributed by atoms with Crippen LogP contribution in [0.4, 0.5) is 16.2 Å². The quantitative estimate of drug-likeness (QED) is 0.860. The first-order valence-electron chi connectivity index (χ1n) is 9.83. The van der Waals surface area contributed by atoms with Crippen molar-refractivity contribution < 1.29 is 9.59 Å². The van der Waals surface area contributed by atoms with Gasteiger partial charge < -0.3 is 20.4 Å². The summed E-state index contributed by atoms with van der Waals surface area (Å²) in [7, 11) is 1.80. The van der Waals surface area contributed by atoms with Gasteiger partial charge in [-0.15, -0.1) is 0 Å². The first kappa shape index (κ1) is 18.3.